The molecule has 0 aliphatic heterocycles. The number of likely N-dealkylation sites (N-methyl/N-ethyl adjacent to an activating group) is 1. The van der Waals surface area contributed by atoms with Gasteiger partial charge in [-0.2, -0.15) is 5.10 Å². The maximum atomic E-state index is 13.0. The van der Waals surface area contributed by atoms with E-state index < -0.39 is 5.54 Å². The van der Waals surface area contributed by atoms with Crippen molar-refractivity contribution in [1.82, 2.24) is 14.7 Å². The van der Waals surface area contributed by atoms with E-state index in [0.29, 0.717) is 19.6 Å². The Balaban J connectivity index is 0.00000261. The van der Waals surface area contributed by atoms with Crippen molar-refractivity contribution in [2.45, 2.75) is 45.4 Å². The number of nitrogens with two attached hydrogens (primary N) is 1. The number of benzene rings is 1. The summed E-state index contributed by atoms with van der Waals surface area (Å²) in [6.45, 7) is 7.09. The average molecular weight is 393 g/mol. The number of hydrogen-bond acceptors (Lipinski definition) is 4. The van der Waals surface area contributed by atoms with Crippen molar-refractivity contribution in [2.75, 3.05) is 13.7 Å². The maximum Gasteiger partial charge on any atom is 0.243 e. The first-order valence-corrected chi connectivity index (χ1v) is 9.04. The predicted octanol–water partition coefficient (Wildman–Crippen LogP) is 2.79. The van der Waals surface area contributed by atoms with Crippen LogP contribution in [0, 0.1) is 5.41 Å². The van der Waals surface area contributed by atoms with Gasteiger partial charge in [0.15, 0.2) is 0 Å². The van der Waals surface area contributed by atoms with Crippen LogP contribution in [0.3, 0.4) is 0 Å². The largest absolute Gasteiger partial charge is 0.378 e. The minimum atomic E-state index is -0.892. The van der Waals surface area contributed by atoms with Gasteiger partial charge in [0.05, 0.1) is 18.0 Å². The molecule has 0 saturated heterocycles. The van der Waals surface area contributed by atoms with E-state index in [1.807, 2.05) is 62.0 Å². The van der Waals surface area contributed by atoms with Gasteiger partial charge < -0.3 is 15.4 Å². The number of para-hydroxylation sites is 1. The second-order valence-corrected chi connectivity index (χ2v) is 7.63. The average Bonchev–Trinajstić information content (AvgIpc) is 3.10. The molecule has 1 aromatic carbocycles. The van der Waals surface area contributed by atoms with Crippen LogP contribution < -0.4 is 5.73 Å². The van der Waals surface area contributed by atoms with Crippen molar-refractivity contribution in [1.29, 1.82) is 0 Å². The Kier molecular flexibility index (Phi) is 6.35. The molecule has 2 N–H and O–H groups in total. The second-order valence-electron chi connectivity index (χ2n) is 7.63. The van der Waals surface area contributed by atoms with E-state index in [1.54, 1.807) is 18.1 Å². The molecule has 1 heterocycles. The third-order valence-corrected chi connectivity index (χ3v) is 5.63. The van der Waals surface area contributed by atoms with Crippen LogP contribution in [0.25, 0.3) is 5.69 Å². The number of nitrogens with zero attached hydrogens (tertiary/aromatic N) is 3. The van der Waals surface area contributed by atoms with Gasteiger partial charge in [0, 0.05) is 43.8 Å². The molecule has 1 aliphatic rings. The highest BCUT2D eigenvalue weighted by atomic mass is 35.5. The third-order valence-electron chi connectivity index (χ3n) is 5.63. The van der Waals surface area contributed by atoms with Crippen LogP contribution in [0.5, 0.6) is 0 Å². The smallest absolute Gasteiger partial charge is 0.243 e. The zero-order valence-electron chi connectivity index (χ0n) is 16.4. The number of hydrogen-bond donors (Lipinski definition) is 1. The SMILES string of the molecule is CCOC1CC(N)(C(=O)N(C)Cc2cnn(-c3ccccc3)c2)C1(C)C.Cl. The Labute approximate surface area is 167 Å². The Bertz CT molecular complexity index is 777. The molecule has 6 nitrogen and oxygen atoms in total. The molecule has 1 fully saturated rings. The van der Waals surface area contributed by atoms with Gasteiger partial charge in [-0.1, -0.05) is 32.0 Å². The summed E-state index contributed by atoms with van der Waals surface area (Å²) in [6.07, 6.45) is 4.31. The van der Waals surface area contributed by atoms with Crippen molar-refractivity contribution >= 4 is 18.3 Å². The number of carbonyl (C=O) groups excluding carboxylic acids is 1. The zero-order chi connectivity index (χ0) is 18.9. The molecule has 2 aromatic rings. The molecule has 1 aromatic heterocycles. The van der Waals surface area contributed by atoms with E-state index in [2.05, 4.69) is 5.10 Å². The number of carbonyl (C=O) groups is 1. The number of rotatable bonds is 6. The Morgan fingerprint density at radius 3 is 2.63 bits per heavy atom. The van der Waals surface area contributed by atoms with Gasteiger partial charge in [-0.05, 0) is 19.1 Å². The van der Waals surface area contributed by atoms with Crippen LogP contribution in [0.1, 0.15) is 32.8 Å². The molecule has 3 rings (SSSR count). The highest BCUT2D eigenvalue weighted by Gasteiger charge is 2.63. The summed E-state index contributed by atoms with van der Waals surface area (Å²) in [5.41, 5.74) is 7.18. The number of aromatic nitrogens is 2. The van der Waals surface area contributed by atoms with Crippen LogP contribution in [-0.4, -0.2) is 45.9 Å². The lowest BCUT2D eigenvalue weighted by molar-refractivity contribution is -0.178. The summed E-state index contributed by atoms with van der Waals surface area (Å²) in [4.78, 5) is 14.7. The molecular formula is C20H29ClN4O2. The van der Waals surface area contributed by atoms with Gasteiger partial charge in [0.25, 0.3) is 0 Å². The first kappa shape index (κ1) is 21.4. The maximum absolute atomic E-state index is 13.0. The van der Waals surface area contributed by atoms with Gasteiger partial charge in [0.1, 0.15) is 5.54 Å². The number of halogens is 1. The Morgan fingerprint density at radius 2 is 2.04 bits per heavy atom. The fourth-order valence-electron chi connectivity index (χ4n) is 3.65. The number of amides is 1. The van der Waals surface area contributed by atoms with Crippen molar-refractivity contribution in [2.24, 2.45) is 11.1 Å². The monoisotopic (exact) mass is 392 g/mol. The summed E-state index contributed by atoms with van der Waals surface area (Å²) >= 11 is 0. The van der Waals surface area contributed by atoms with E-state index in [4.69, 9.17) is 10.5 Å². The Hall–Kier alpha value is -1.89. The molecular weight excluding hydrogens is 364 g/mol. The molecule has 0 bridgehead atoms. The van der Waals surface area contributed by atoms with Crippen LogP contribution in [0.2, 0.25) is 0 Å². The highest BCUT2D eigenvalue weighted by Crippen LogP contribution is 2.50. The minimum Gasteiger partial charge on any atom is -0.378 e. The van der Waals surface area contributed by atoms with Gasteiger partial charge in [-0.3, -0.25) is 4.79 Å². The summed E-state index contributed by atoms with van der Waals surface area (Å²) < 4.78 is 7.53. The van der Waals surface area contributed by atoms with Crippen LogP contribution in [-0.2, 0) is 16.1 Å². The fraction of sp³-hybridized carbons (Fsp3) is 0.500. The quantitative estimate of drug-likeness (QED) is 0.820. The van der Waals surface area contributed by atoms with Gasteiger partial charge in [-0.15, -0.1) is 12.4 Å². The standard InChI is InChI=1S/C20H28N4O2.ClH/c1-5-26-17-11-20(21,19(17,2)3)18(25)23(4)13-15-12-22-24(14-15)16-9-7-6-8-10-16;/h6-10,12,14,17H,5,11,13,21H2,1-4H3;1H. The van der Waals surface area contributed by atoms with Crippen LogP contribution >= 0.6 is 12.4 Å². The molecule has 2 atom stereocenters. The molecule has 1 amide bonds. The first-order chi connectivity index (χ1) is 12.3. The van der Waals surface area contributed by atoms with E-state index >= 15 is 0 Å². The zero-order valence-corrected chi connectivity index (χ0v) is 17.2. The summed E-state index contributed by atoms with van der Waals surface area (Å²) in [5, 5.41) is 4.39. The lowest BCUT2D eigenvalue weighted by Gasteiger charge is -2.58. The normalized spacial score (nSPS) is 23.2. The van der Waals surface area contributed by atoms with E-state index in [1.165, 1.54) is 0 Å². The fourth-order valence-corrected chi connectivity index (χ4v) is 3.65. The molecule has 0 radical (unpaired) electrons. The first-order valence-electron chi connectivity index (χ1n) is 9.04. The highest BCUT2D eigenvalue weighted by molar-refractivity contribution is 5.88. The van der Waals surface area contributed by atoms with E-state index in [-0.39, 0.29) is 29.8 Å². The minimum absolute atomic E-state index is 0. The molecule has 0 spiro atoms. The summed E-state index contributed by atoms with van der Waals surface area (Å²) in [5.74, 6) is -0.0501. The van der Waals surface area contributed by atoms with Crippen molar-refractivity contribution in [3.63, 3.8) is 0 Å². The van der Waals surface area contributed by atoms with E-state index in [0.717, 1.165) is 11.3 Å². The molecule has 1 saturated carbocycles. The van der Waals surface area contributed by atoms with E-state index in [9.17, 15) is 4.79 Å². The van der Waals surface area contributed by atoms with Gasteiger partial charge in [0.2, 0.25) is 5.91 Å². The van der Waals surface area contributed by atoms with Gasteiger partial charge >= 0.3 is 0 Å². The molecule has 148 valence electrons. The third kappa shape index (κ3) is 3.74. The summed E-state index contributed by atoms with van der Waals surface area (Å²) in [7, 11) is 1.79. The molecule has 27 heavy (non-hydrogen) atoms. The molecule has 1 aliphatic carbocycles. The van der Waals surface area contributed by atoms with Crippen molar-refractivity contribution in [3.05, 3.63) is 48.3 Å². The molecule has 2 unspecified atom stereocenters. The lowest BCUT2D eigenvalue weighted by Crippen LogP contribution is -2.75. The van der Waals surface area contributed by atoms with Crippen molar-refractivity contribution in [3.8, 4) is 5.69 Å². The second kappa shape index (κ2) is 8.00. The van der Waals surface area contributed by atoms with Crippen LogP contribution in [0.15, 0.2) is 42.7 Å². The van der Waals surface area contributed by atoms with Gasteiger partial charge in [-0.25, -0.2) is 4.68 Å². The topological polar surface area (TPSA) is 73.4 Å². The summed E-state index contributed by atoms with van der Waals surface area (Å²) in [6, 6.07) is 9.89. The van der Waals surface area contributed by atoms with Crippen LogP contribution in [0.4, 0.5) is 0 Å². The Morgan fingerprint density at radius 1 is 1.37 bits per heavy atom. The lowest BCUT2D eigenvalue weighted by atomic mass is 9.54. The van der Waals surface area contributed by atoms with Crippen molar-refractivity contribution < 1.29 is 9.53 Å². The predicted molar refractivity (Wildman–Crippen MR) is 108 cm³/mol. The number of ether oxygens (including phenoxy) is 1. The molecule has 7 heteroatoms.